The van der Waals surface area contributed by atoms with Crippen LogP contribution in [0.1, 0.15) is 20.3 Å². The van der Waals surface area contributed by atoms with Gasteiger partial charge in [-0.15, -0.1) is 24.0 Å². The van der Waals surface area contributed by atoms with Gasteiger partial charge in [0.1, 0.15) is 5.75 Å². The minimum atomic E-state index is -0.0282. The van der Waals surface area contributed by atoms with Crippen LogP contribution in [0.4, 0.5) is 0 Å². The second kappa shape index (κ2) is 13.2. The van der Waals surface area contributed by atoms with E-state index in [1.165, 1.54) is 17.7 Å². The zero-order valence-corrected chi connectivity index (χ0v) is 18.3. The average molecular weight is 484 g/mol. The highest BCUT2D eigenvalue weighted by Crippen LogP contribution is 2.20. The normalized spacial score (nSPS) is 10.8. The molecule has 0 bridgehead atoms. The Labute approximate surface area is 178 Å². The molecule has 0 aromatic heterocycles. The number of ether oxygens (including phenoxy) is 1. The molecule has 0 aliphatic rings. The van der Waals surface area contributed by atoms with Gasteiger partial charge in [-0.25, -0.2) is 0 Å². The van der Waals surface area contributed by atoms with Gasteiger partial charge in [0.15, 0.2) is 5.96 Å². The third kappa shape index (κ3) is 8.94. The van der Waals surface area contributed by atoms with E-state index in [0.29, 0.717) is 26.2 Å². The summed E-state index contributed by atoms with van der Waals surface area (Å²) in [7, 11) is 0. The van der Waals surface area contributed by atoms with Gasteiger partial charge in [0.05, 0.1) is 6.61 Å². The quantitative estimate of drug-likeness (QED) is 0.222. The number of amides is 1. The molecule has 2 aromatic rings. The van der Waals surface area contributed by atoms with Crippen molar-refractivity contribution in [2.45, 2.75) is 20.3 Å². The van der Waals surface area contributed by atoms with Crippen molar-refractivity contribution >= 4 is 46.6 Å². The van der Waals surface area contributed by atoms with E-state index in [1.54, 1.807) is 0 Å². The van der Waals surface area contributed by atoms with Crippen LogP contribution < -0.4 is 20.7 Å². The first kappa shape index (κ1) is 23.0. The summed E-state index contributed by atoms with van der Waals surface area (Å²) in [5.41, 5.74) is 0. The first-order chi connectivity index (χ1) is 12.7. The summed E-state index contributed by atoms with van der Waals surface area (Å²) in [6.45, 7) is 6.82. The molecule has 0 aliphatic carbocycles. The van der Waals surface area contributed by atoms with Crippen molar-refractivity contribution < 1.29 is 9.53 Å². The van der Waals surface area contributed by atoms with Gasteiger partial charge in [0, 0.05) is 39.5 Å². The zero-order chi connectivity index (χ0) is 18.6. The summed E-state index contributed by atoms with van der Waals surface area (Å²) in [5, 5.41) is 11.5. The van der Waals surface area contributed by atoms with Gasteiger partial charge >= 0.3 is 0 Å². The van der Waals surface area contributed by atoms with Crippen molar-refractivity contribution in [2.75, 3.05) is 32.8 Å². The Balaban J connectivity index is 0.00000364. The molecular weight excluding hydrogens is 455 g/mol. The van der Waals surface area contributed by atoms with Crippen LogP contribution >= 0.6 is 24.0 Å². The minimum absolute atomic E-state index is 0. The smallest absolute Gasteiger partial charge is 0.216 e. The molecule has 0 fully saturated rings. The third-order valence-corrected chi connectivity index (χ3v) is 3.70. The van der Waals surface area contributed by atoms with Crippen molar-refractivity contribution in [3.05, 3.63) is 42.5 Å². The Morgan fingerprint density at radius 1 is 1.04 bits per heavy atom. The van der Waals surface area contributed by atoms with Crippen molar-refractivity contribution in [1.29, 1.82) is 0 Å². The second-order valence-corrected chi connectivity index (χ2v) is 5.88. The number of hydrogen-bond acceptors (Lipinski definition) is 3. The Hall–Kier alpha value is -2.03. The first-order valence-electron chi connectivity index (χ1n) is 9.07. The summed E-state index contributed by atoms with van der Waals surface area (Å²) < 4.78 is 5.82. The van der Waals surface area contributed by atoms with E-state index in [4.69, 9.17) is 4.74 Å². The van der Waals surface area contributed by atoms with Crippen molar-refractivity contribution in [2.24, 2.45) is 4.99 Å². The number of guanidine groups is 1. The van der Waals surface area contributed by atoms with Gasteiger partial charge in [-0.05, 0) is 29.8 Å². The summed E-state index contributed by atoms with van der Waals surface area (Å²) in [6.07, 6.45) is 0.828. The van der Waals surface area contributed by atoms with Crippen LogP contribution in [0.5, 0.6) is 5.75 Å². The maximum atomic E-state index is 10.8. The predicted octanol–water partition coefficient (Wildman–Crippen LogP) is 2.92. The van der Waals surface area contributed by atoms with E-state index in [1.807, 2.05) is 25.1 Å². The van der Waals surface area contributed by atoms with Crippen molar-refractivity contribution in [3.63, 3.8) is 0 Å². The number of aliphatic imine (C=N–C) groups is 1. The highest BCUT2D eigenvalue weighted by molar-refractivity contribution is 14.0. The SMILES string of the molecule is CCNC(=NCCCOc1ccc2ccccc2c1)NCCNC(C)=O.I. The maximum Gasteiger partial charge on any atom is 0.216 e. The number of nitrogens with zero attached hydrogens (tertiary/aromatic N) is 1. The average Bonchev–Trinajstić information content (AvgIpc) is 2.64. The highest BCUT2D eigenvalue weighted by atomic mass is 127. The fourth-order valence-electron chi connectivity index (χ4n) is 2.46. The lowest BCUT2D eigenvalue weighted by Gasteiger charge is -2.11. The molecule has 0 saturated heterocycles. The molecule has 3 N–H and O–H groups in total. The van der Waals surface area contributed by atoms with E-state index in [-0.39, 0.29) is 29.9 Å². The predicted molar refractivity (Wildman–Crippen MR) is 122 cm³/mol. The highest BCUT2D eigenvalue weighted by Gasteiger charge is 1.99. The summed E-state index contributed by atoms with van der Waals surface area (Å²) in [6, 6.07) is 14.4. The lowest BCUT2D eigenvalue weighted by atomic mass is 10.1. The van der Waals surface area contributed by atoms with Gasteiger partial charge < -0.3 is 20.7 Å². The van der Waals surface area contributed by atoms with Crippen molar-refractivity contribution in [3.8, 4) is 5.75 Å². The summed E-state index contributed by atoms with van der Waals surface area (Å²) in [5.74, 6) is 1.61. The van der Waals surface area contributed by atoms with Crippen LogP contribution in [0, 0.1) is 0 Å². The van der Waals surface area contributed by atoms with E-state index in [9.17, 15) is 4.79 Å². The molecule has 0 saturated carbocycles. The minimum Gasteiger partial charge on any atom is -0.494 e. The zero-order valence-electron chi connectivity index (χ0n) is 16.0. The maximum absolute atomic E-state index is 10.8. The Kier molecular flexibility index (Phi) is 11.2. The van der Waals surface area contributed by atoms with Gasteiger partial charge in [0.2, 0.25) is 5.91 Å². The molecule has 2 aromatic carbocycles. The molecule has 27 heavy (non-hydrogen) atoms. The number of halogens is 1. The number of carbonyl (C=O) groups is 1. The van der Waals surface area contributed by atoms with Crippen LogP contribution in [0.3, 0.4) is 0 Å². The summed E-state index contributed by atoms with van der Waals surface area (Å²) >= 11 is 0. The molecule has 7 heteroatoms. The van der Waals surface area contributed by atoms with Gasteiger partial charge in [-0.3, -0.25) is 9.79 Å². The molecule has 0 radical (unpaired) electrons. The monoisotopic (exact) mass is 484 g/mol. The molecule has 0 unspecified atom stereocenters. The largest absolute Gasteiger partial charge is 0.494 e. The fraction of sp³-hybridized carbons (Fsp3) is 0.400. The fourth-order valence-corrected chi connectivity index (χ4v) is 2.46. The molecule has 148 valence electrons. The number of fused-ring (bicyclic) bond motifs is 1. The lowest BCUT2D eigenvalue weighted by molar-refractivity contribution is -0.118. The van der Waals surface area contributed by atoms with Gasteiger partial charge in [-0.2, -0.15) is 0 Å². The van der Waals surface area contributed by atoms with E-state index in [0.717, 1.165) is 24.7 Å². The Bertz CT molecular complexity index is 737. The van der Waals surface area contributed by atoms with E-state index in [2.05, 4.69) is 45.2 Å². The molecule has 0 spiro atoms. The van der Waals surface area contributed by atoms with Crippen LogP contribution in [-0.4, -0.2) is 44.7 Å². The number of carbonyl (C=O) groups excluding carboxylic acids is 1. The first-order valence-corrected chi connectivity index (χ1v) is 9.07. The Morgan fingerprint density at radius 2 is 1.78 bits per heavy atom. The molecular formula is C20H29IN4O2. The van der Waals surface area contributed by atoms with E-state index >= 15 is 0 Å². The number of benzene rings is 2. The molecule has 2 rings (SSSR count). The topological polar surface area (TPSA) is 74.8 Å². The van der Waals surface area contributed by atoms with Gasteiger partial charge in [-0.1, -0.05) is 30.3 Å². The molecule has 1 amide bonds. The number of nitrogens with one attached hydrogen (secondary N) is 3. The number of rotatable bonds is 9. The van der Waals surface area contributed by atoms with Crippen LogP contribution in [-0.2, 0) is 4.79 Å². The molecule has 0 aliphatic heterocycles. The summed E-state index contributed by atoms with van der Waals surface area (Å²) in [4.78, 5) is 15.4. The lowest BCUT2D eigenvalue weighted by Crippen LogP contribution is -2.41. The second-order valence-electron chi connectivity index (χ2n) is 5.88. The van der Waals surface area contributed by atoms with Crippen LogP contribution in [0.15, 0.2) is 47.5 Å². The van der Waals surface area contributed by atoms with Gasteiger partial charge in [0.25, 0.3) is 0 Å². The number of hydrogen-bond donors (Lipinski definition) is 3. The molecule has 6 nitrogen and oxygen atoms in total. The Morgan fingerprint density at radius 3 is 2.52 bits per heavy atom. The molecule has 0 heterocycles. The van der Waals surface area contributed by atoms with Crippen molar-refractivity contribution in [1.82, 2.24) is 16.0 Å². The van der Waals surface area contributed by atoms with E-state index < -0.39 is 0 Å². The third-order valence-electron chi connectivity index (χ3n) is 3.70. The van der Waals surface area contributed by atoms with Crippen LogP contribution in [0.2, 0.25) is 0 Å². The van der Waals surface area contributed by atoms with Crippen LogP contribution in [0.25, 0.3) is 10.8 Å². The molecule has 0 atom stereocenters. The standard InChI is InChI=1S/C20H28N4O2.HI/c1-3-21-20(24-13-12-22-16(2)25)23-11-6-14-26-19-10-9-17-7-4-5-8-18(17)15-19;/h4-5,7-10,15H,3,6,11-14H2,1-2H3,(H,22,25)(H2,21,23,24);1H.